The topological polar surface area (TPSA) is 43.1 Å². The summed E-state index contributed by atoms with van der Waals surface area (Å²) in [7, 11) is 0. The predicted octanol–water partition coefficient (Wildman–Crippen LogP) is 2.72. The fourth-order valence-corrected chi connectivity index (χ4v) is 0.766. The number of allylic oxidation sites excluding steroid dienone is 3. The summed E-state index contributed by atoms with van der Waals surface area (Å²) in [6, 6.07) is 0. The Morgan fingerprint density at radius 1 is 1.62 bits per heavy atom. The van der Waals surface area contributed by atoms with Crippen LogP contribution in [-0.2, 0) is 0 Å². The SMILES string of the molecule is C=C(F)/C(S)=C\C(=C(/C)S)[N+](=O)[O-]. The zero-order valence-corrected chi connectivity index (χ0v) is 8.61. The second-order valence-corrected chi connectivity index (χ2v) is 3.31. The van der Waals surface area contributed by atoms with Crippen LogP contribution in [0.4, 0.5) is 4.39 Å². The van der Waals surface area contributed by atoms with Crippen LogP contribution in [0.25, 0.3) is 0 Å². The summed E-state index contributed by atoms with van der Waals surface area (Å²) in [6.07, 6.45) is 0.966. The van der Waals surface area contributed by atoms with Crippen molar-refractivity contribution < 1.29 is 9.31 Å². The Bertz CT molecular complexity index is 306. The molecule has 0 rings (SSSR count). The average molecular weight is 221 g/mol. The van der Waals surface area contributed by atoms with Crippen molar-refractivity contribution in [3.8, 4) is 0 Å². The van der Waals surface area contributed by atoms with Crippen LogP contribution in [0.2, 0.25) is 0 Å². The maximum Gasteiger partial charge on any atom is 0.279 e. The second kappa shape index (κ2) is 5.08. The molecular formula is C7H8FNO2S2. The van der Waals surface area contributed by atoms with Crippen LogP contribution < -0.4 is 0 Å². The van der Waals surface area contributed by atoms with Crippen molar-refractivity contribution in [2.24, 2.45) is 0 Å². The molecule has 0 heterocycles. The summed E-state index contributed by atoms with van der Waals surface area (Å²) >= 11 is 7.45. The van der Waals surface area contributed by atoms with Crippen molar-refractivity contribution in [1.82, 2.24) is 0 Å². The van der Waals surface area contributed by atoms with Crippen molar-refractivity contribution in [2.75, 3.05) is 0 Å². The Balaban J connectivity index is 5.06. The van der Waals surface area contributed by atoms with Gasteiger partial charge in [0.05, 0.1) is 9.83 Å². The number of rotatable bonds is 3. The first kappa shape index (κ1) is 12.2. The van der Waals surface area contributed by atoms with Gasteiger partial charge in [-0.3, -0.25) is 10.1 Å². The third-order valence-corrected chi connectivity index (χ3v) is 1.72. The van der Waals surface area contributed by atoms with Crippen LogP contribution in [0.1, 0.15) is 6.92 Å². The van der Waals surface area contributed by atoms with E-state index < -0.39 is 10.8 Å². The molecular weight excluding hydrogens is 213 g/mol. The van der Waals surface area contributed by atoms with Crippen LogP contribution in [-0.4, -0.2) is 4.92 Å². The number of nitrogens with zero attached hydrogens (tertiary/aromatic N) is 1. The molecule has 0 N–H and O–H groups in total. The first-order valence-electron chi connectivity index (χ1n) is 3.16. The third kappa shape index (κ3) is 4.14. The molecule has 0 aliphatic carbocycles. The molecule has 0 fully saturated rings. The smallest absolute Gasteiger partial charge is 0.258 e. The van der Waals surface area contributed by atoms with Crippen LogP contribution in [0.15, 0.2) is 34.0 Å². The van der Waals surface area contributed by atoms with Gasteiger partial charge in [-0.25, -0.2) is 4.39 Å². The van der Waals surface area contributed by atoms with Crippen molar-refractivity contribution in [3.05, 3.63) is 44.1 Å². The van der Waals surface area contributed by atoms with Gasteiger partial charge >= 0.3 is 0 Å². The first-order chi connectivity index (χ1) is 5.86. The number of nitro groups is 1. The lowest BCUT2D eigenvalue weighted by Crippen LogP contribution is -1.97. The van der Waals surface area contributed by atoms with Gasteiger partial charge in [0, 0.05) is 11.0 Å². The second-order valence-electron chi connectivity index (χ2n) is 2.16. The van der Waals surface area contributed by atoms with Crippen LogP contribution in [0.3, 0.4) is 0 Å². The fraction of sp³-hybridized carbons (Fsp3) is 0.143. The maximum absolute atomic E-state index is 12.4. The number of thiol groups is 2. The Morgan fingerprint density at radius 2 is 2.08 bits per heavy atom. The van der Waals surface area contributed by atoms with Crippen LogP contribution >= 0.6 is 25.3 Å². The quantitative estimate of drug-likeness (QED) is 0.333. The minimum absolute atomic E-state index is 0.179. The highest BCUT2D eigenvalue weighted by atomic mass is 32.1. The van der Waals surface area contributed by atoms with E-state index in [1.807, 2.05) is 0 Å². The van der Waals surface area contributed by atoms with Gasteiger partial charge in [-0.15, -0.1) is 25.3 Å². The van der Waals surface area contributed by atoms with Crippen molar-refractivity contribution in [3.63, 3.8) is 0 Å². The molecule has 0 amide bonds. The minimum atomic E-state index is -0.822. The normalized spacial score (nSPS) is 13.7. The van der Waals surface area contributed by atoms with Crippen molar-refractivity contribution >= 4 is 25.3 Å². The lowest BCUT2D eigenvalue weighted by Gasteiger charge is -1.95. The Kier molecular flexibility index (Phi) is 4.79. The van der Waals surface area contributed by atoms with Gasteiger partial charge in [-0.05, 0) is 6.92 Å². The van der Waals surface area contributed by atoms with Crippen molar-refractivity contribution in [1.29, 1.82) is 0 Å². The molecule has 6 heteroatoms. The zero-order valence-electron chi connectivity index (χ0n) is 6.82. The van der Waals surface area contributed by atoms with Crippen molar-refractivity contribution in [2.45, 2.75) is 6.92 Å². The van der Waals surface area contributed by atoms with E-state index in [9.17, 15) is 14.5 Å². The van der Waals surface area contributed by atoms with E-state index in [-0.39, 0.29) is 15.5 Å². The van der Waals surface area contributed by atoms with Gasteiger partial charge in [0.15, 0.2) is 0 Å². The minimum Gasteiger partial charge on any atom is -0.258 e. The molecule has 0 aromatic heterocycles. The molecule has 0 aliphatic rings. The fourth-order valence-electron chi connectivity index (χ4n) is 0.497. The number of halogens is 1. The summed E-state index contributed by atoms with van der Waals surface area (Å²) in [5, 5.41) is 10.4. The molecule has 0 saturated carbocycles. The molecule has 0 atom stereocenters. The molecule has 0 radical (unpaired) electrons. The lowest BCUT2D eigenvalue weighted by atomic mass is 10.3. The zero-order chi connectivity index (χ0) is 10.6. The summed E-state index contributed by atoms with van der Waals surface area (Å²) < 4.78 is 12.4. The standard InChI is InChI=1S/C7H8FNO2S2/c1-4(8)7(13)3-6(5(2)12)9(10)11/h3,12-13H,1H2,2H3/b6-5-,7-3+. The van der Waals surface area contributed by atoms with E-state index in [2.05, 4.69) is 31.8 Å². The van der Waals surface area contributed by atoms with Gasteiger partial charge in [0.25, 0.3) is 5.70 Å². The molecule has 0 aromatic rings. The summed E-state index contributed by atoms with van der Waals surface area (Å²) in [5.74, 6) is -0.822. The van der Waals surface area contributed by atoms with Gasteiger partial charge < -0.3 is 0 Å². The van der Waals surface area contributed by atoms with E-state index >= 15 is 0 Å². The molecule has 72 valence electrons. The first-order valence-corrected chi connectivity index (χ1v) is 4.05. The average Bonchev–Trinajstić information content (AvgIpc) is 1.97. The van der Waals surface area contributed by atoms with Gasteiger partial charge in [-0.2, -0.15) is 0 Å². The largest absolute Gasteiger partial charge is 0.279 e. The summed E-state index contributed by atoms with van der Waals surface area (Å²) in [4.78, 5) is 9.70. The Morgan fingerprint density at radius 3 is 2.31 bits per heavy atom. The highest BCUT2D eigenvalue weighted by Crippen LogP contribution is 2.19. The number of hydrogen-bond acceptors (Lipinski definition) is 4. The molecule has 0 aliphatic heterocycles. The van der Waals surface area contributed by atoms with E-state index in [4.69, 9.17) is 0 Å². The third-order valence-electron chi connectivity index (χ3n) is 1.12. The maximum atomic E-state index is 12.4. The highest BCUT2D eigenvalue weighted by Gasteiger charge is 2.11. The molecule has 0 bridgehead atoms. The van der Waals surface area contributed by atoms with Crippen LogP contribution in [0.5, 0.6) is 0 Å². The highest BCUT2D eigenvalue weighted by molar-refractivity contribution is 7.85. The van der Waals surface area contributed by atoms with Crippen LogP contribution in [0, 0.1) is 10.1 Å². The van der Waals surface area contributed by atoms with E-state index in [1.54, 1.807) is 0 Å². The Hall–Kier alpha value is -0.750. The number of hydrogen-bond donors (Lipinski definition) is 2. The van der Waals surface area contributed by atoms with E-state index in [0.717, 1.165) is 6.08 Å². The molecule has 0 unspecified atom stereocenters. The summed E-state index contributed by atoms with van der Waals surface area (Å²) in [6.45, 7) is 4.38. The van der Waals surface area contributed by atoms with Gasteiger partial charge in [-0.1, -0.05) is 6.58 Å². The monoisotopic (exact) mass is 221 g/mol. The molecule has 0 aromatic carbocycles. The molecule has 0 saturated heterocycles. The molecule has 3 nitrogen and oxygen atoms in total. The van der Waals surface area contributed by atoms with E-state index in [0.29, 0.717) is 0 Å². The van der Waals surface area contributed by atoms with Gasteiger partial charge in [0.2, 0.25) is 0 Å². The van der Waals surface area contributed by atoms with E-state index in [1.165, 1.54) is 6.92 Å². The summed E-state index contributed by atoms with van der Waals surface area (Å²) in [5.41, 5.74) is -0.299. The Labute approximate surface area is 86.0 Å². The molecule has 0 spiro atoms. The van der Waals surface area contributed by atoms with Gasteiger partial charge in [0.1, 0.15) is 5.83 Å². The predicted molar refractivity (Wildman–Crippen MR) is 56.0 cm³/mol. The molecule has 13 heavy (non-hydrogen) atoms. The lowest BCUT2D eigenvalue weighted by molar-refractivity contribution is -0.419.